The Morgan fingerprint density at radius 1 is 1.22 bits per heavy atom. The van der Waals surface area contributed by atoms with Crippen molar-refractivity contribution in [2.75, 3.05) is 6.54 Å². The first-order chi connectivity index (χ1) is 11.0. The lowest BCUT2D eigenvalue weighted by Crippen LogP contribution is -2.47. The van der Waals surface area contributed by atoms with E-state index in [9.17, 15) is 9.90 Å². The molecule has 0 aromatic carbocycles. The van der Waals surface area contributed by atoms with E-state index in [0.29, 0.717) is 13.1 Å². The van der Waals surface area contributed by atoms with Crippen LogP contribution < -0.4 is 10.6 Å². The van der Waals surface area contributed by atoms with Crippen LogP contribution in [0.4, 0.5) is 4.79 Å². The van der Waals surface area contributed by atoms with Gasteiger partial charge in [-0.2, -0.15) is 5.10 Å². The molecule has 1 aromatic heterocycles. The second kappa shape index (κ2) is 7.81. The van der Waals surface area contributed by atoms with E-state index in [0.717, 1.165) is 55.5 Å². The van der Waals surface area contributed by atoms with Gasteiger partial charge in [0.1, 0.15) is 0 Å². The molecular weight excluding hydrogens is 292 g/mol. The number of urea groups is 1. The van der Waals surface area contributed by atoms with E-state index < -0.39 is 5.60 Å². The zero-order chi connectivity index (χ0) is 16.9. The first-order valence-electron chi connectivity index (χ1n) is 8.76. The van der Waals surface area contributed by atoms with Crippen molar-refractivity contribution in [3.05, 3.63) is 17.0 Å². The van der Waals surface area contributed by atoms with Gasteiger partial charge in [0, 0.05) is 31.4 Å². The van der Waals surface area contributed by atoms with E-state index in [1.165, 1.54) is 6.42 Å². The summed E-state index contributed by atoms with van der Waals surface area (Å²) in [6.07, 6.45) is 6.54. The van der Waals surface area contributed by atoms with Gasteiger partial charge < -0.3 is 15.7 Å². The Balaban J connectivity index is 1.87. The highest BCUT2D eigenvalue weighted by Gasteiger charge is 2.29. The Morgan fingerprint density at radius 3 is 2.52 bits per heavy atom. The average Bonchev–Trinajstić information content (AvgIpc) is 2.86. The molecule has 1 heterocycles. The van der Waals surface area contributed by atoms with Gasteiger partial charge in [-0.15, -0.1) is 0 Å². The van der Waals surface area contributed by atoms with E-state index in [-0.39, 0.29) is 6.03 Å². The minimum atomic E-state index is -0.729. The molecule has 1 aliphatic rings. The van der Waals surface area contributed by atoms with Gasteiger partial charge in [-0.05, 0) is 25.7 Å². The van der Waals surface area contributed by atoms with Gasteiger partial charge in [0.05, 0.1) is 11.3 Å². The molecule has 1 aromatic rings. The summed E-state index contributed by atoms with van der Waals surface area (Å²) in [6.45, 7) is 4.97. The molecule has 23 heavy (non-hydrogen) atoms. The Hall–Kier alpha value is -1.56. The number of aryl methyl sites for hydroxylation is 2. The Bertz CT molecular complexity index is 533. The van der Waals surface area contributed by atoms with Crippen molar-refractivity contribution in [2.45, 2.75) is 70.9 Å². The highest BCUT2D eigenvalue weighted by molar-refractivity contribution is 5.74. The summed E-state index contributed by atoms with van der Waals surface area (Å²) in [7, 11) is 1.94. The fourth-order valence-electron chi connectivity index (χ4n) is 3.46. The third-order valence-corrected chi connectivity index (χ3v) is 4.82. The molecule has 0 atom stereocenters. The average molecular weight is 322 g/mol. The van der Waals surface area contributed by atoms with Crippen LogP contribution in [0.2, 0.25) is 0 Å². The monoisotopic (exact) mass is 322 g/mol. The minimum absolute atomic E-state index is 0.225. The van der Waals surface area contributed by atoms with Gasteiger partial charge in [-0.25, -0.2) is 4.79 Å². The first-order valence-corrected chi connectivity index (χ1v) is 8.76. The lowest BCUT2D eigenvalue weighted by Gasteiger charge is -2.32. The summed E-state index contributed by atoms with van der Waals surface area (Å²) < 4.78 is 1.90. The summed E-state index contributed by atoms with van der Waals surface area (Å²) in [6, 6.07) is -0.225. The first kappa shape index (κ1) is 17.8. The quantitative estimate of drug-likeness (QED) is 0.750. The zero-order valence-electron chi connectivity index (χ0n) is 14.6. The van der Waals surface area contributed by atoms with Crippen LogP contribution in [0.15, 0.2) is 0 Å². The third-order valence-electron chi connectivity index (χ3n) is 4.82. The summed E-state index contributed by atoms with van der Waals surface area (Å²) in [5, 5.41) is 20.7. The number of carbonyl (C=O) groups is 1. The van der Waals surface area contributed by atoms with Crippen molar-refractivity contribution in [3.63, 3.8) is 0 Å². The summed E-state index contributed by atoms with van der Waals surface area (Å²) in [5.41, 5.74) is 2.58. The normalized spacial score (nSPS) is 17.0. The largest absolute Gasteiger partial charge is 0.388 e. The molecule has 0 radical (unpaired) electrons. The molecule has 0 bridgehead atoms. The lowest BCUT2D eigenvalue weighted by molar-refractivity contribution is 0.00719. The number of aliphatic hydroxyl groups is 1. The summed E-state index contributed by atoms with van der Waals surface area (Å²) in [4.78, 5) is 12.0. The van der Waals surface area contributed by atoms with Crippen molar-refractivity contribution in [1.82, 2.24) is 20.4 Å². The fourth-order valence-corrected chi connectivity index (χ4v) is 3.46. The van der Waals surface area contributed by atoms with Crippen LogP contribution in [0.1, 0.15) is 62.9 Å². The van der Waals surface area contributed by atoms with Crippen molar-refractivity contribution in [3.8, 4) is 0 Å². The van der Waals surface area contributed by atoms with E-state index in [1.807, 2.05) is 11.7 Å². The minimum Gasteiger partial charge on any atom is -0.388 e. The summed E-state index contributed by atoms with van der Waals surface area (Å²) >= 11 is 0. The Morgan fingerprint density at radius 2 is 1.91 bits per heavy atom. The summed E-state index contributed by atoms with van der Waals surface area (Å²) in [5.74, 6) is 0. The second-order valence-corrected chi connectivity index (χ2v) is 6.52. The maximum Gasteiger partial charge on any atom is 0.315 e. The maximum atomic E-state index is 12.0. The van der Waals surface area contributed by atoms with Gasteiger partial charge in [0.25, 0.3) is 0 Å². The third kappa shape index (κ3) is 4.47. The highest BCUT2D eigenvalue weighted by Crippen LogP contribution is 2.27. The molecular formula is C17H30N4O2. The number of aromatic nitrogens is 2. The van der Waals surface area contributed by atoms with Crippen LogP contribution in [0, 0.1) is 0 Å². The molecule has 130 valence electrons. The van der Waals surface area contributed by atoms with Crippen LogP contribution in [0.25, 0.3) is 0 Å². The van der Waals surface area contributed by atoms with Gasteiger partial charge in [-0.1, -0.05) is 33.1 Å². The molecule has 0 saturated heterocycles. The number of hydrogen-bond donors (Lipinski definition) is 3. The molecule has 1 aliphatic carbocycles. The van der Waals surface area contributed by atoms with Gasteiger partial charge >= 0.3 is 6.03 Å². The molecule has 6 nitrogen and oxygen atoms in total. The SMILES string of the molecule is CCc1nn(C)c(CC)c1CNC(=O)NCC1(O)CCCCC1. The molecule has 6 heteroatoms. The number of rotatable bonds is 6. The standard InChI is InChI=1S/C17H30N4O2/c1-4-14-13(15(5-2)21(3)20-14)11-18-16(22)19-12-17(23)9-7-6-8-10-17/h23H,4-12H2,1-3H3,(H2,18,19,22). The van der Waals surface area contributed by atoms with Crippen LogP contribution in [-0.4, -0.2) is 33.1 Å². The molecule has 2 amide bonds. The number of nitrogens with one attached hydrogen (secondary N) is 2. The number of hydrogen-bond acceptors (Lipinski definition) is 3. The smallest absolute Gasteiger partial charge is 0.315 e. The van der Waals surface area contributed by atoms with Gasteiger partial charge in [0.2, 0.25) is 0 Å². The molecule has 3 N–H and O–H groups in total. The van der Waals surface area contributed by atoms with Gasteiger partial charge in [-0.3, -0.25) is 4.68 Å². The van der Waals surface area contributed by atoms with Crippen LogP contribution in [0.3, 0.4) is 0 Å². The van der Waals surface area contributed by atoms with Crippen LogP contribution in [-0.2, 0) is 26.4 Å². The van der Waals surface area contributed by atoms with E-state index in [4.69, 9.17) is 0 Å². The van der Waals surface area contributed by atoms with Crippen LogP contribution >= 0.6 is 0 Å². The predicted molar refractivity (Wildman–Crippen MR) is 90.2 cm³/mol. The van der Waals surface area contributed by atoms with E-state index >= 15 is 0 Å². The highest BCUT2D eigenvalue weighted by atomic mass is 16.3. The Labute approximate surface area is 138 Å². The van der Waals surface area contributed by atoms with Gasteiger partial charge in [0.15, 0.2) is 0 Å². The number of amides is 2. The lowest BCUT2D eigenvalue weighted by atomic mass is 9.85. The molecule has 0 spiro atoms. The topological polar surface area (TPSA) is 79.2 Å². The van der Waals surface area contributed by atoms with Crippen molar-refractivity contribution in [1.29, 1.82) is 0 Å². The second-order valence-electron chi connectivity index (χ2n) is 6.52. The molecule has 0 aliphatic heterocycles. The molecule has 1 fully saturated rings. The Kier molecular flexibility index (Phi) is 6.04. The molecule has 0 unspecified atom stereocenters. The van der Waals surface area contributed by atoms with Crippen molar-refractivity contribution in [2.24, 2.45) is 7.05 Å². The van der Waals surface area contributed by atoms with E-state index in [2.05, 4.69) is 29.6 Å². The van der Waals surface area contributed by atoms with Crippen molar-refractivity contribution < 1.29 is 9.90 Å². The molecule has 1 saturated carbocycles. The number of carbonyl (C=O) groups excluding carboxylic acids is 1. The number of nitrogens with zero attached hydrogens (tertiary/aromatic N) is 2. The van der Waals surface area contributed by atoms with Crippen molar-refractivity contribution >= 4 is 6.03 Å². The predicted octanol–water partition coefficient (Wildman–Crippen LogP) is 2.04. The molecule has 2 rings (SSSR count). The maximum absolute atomic E-state index is 12.0. The zero-order valence-corrected chi connectivity index (χ0v) is 14.6. The van der Waals surface area contributed by atoms with E-state index in [1.54, 1.807) is 0 Å². The fraction of sp³-hybridized carbons (Fsp3) is 0.765. The van der Waals surface area contributed by atoms with Crippen LogP contribution in [0.5, 0.6) is 0 Å².